The summed E-state index contributed by atoms with van der Waals surface area (Å²) < 4.78 is 0. The van der Waals surface area contributed by atoms with Gasteiger partial charge in [0, 0.05) is 25.2 Å². The third-order valence-electron chi connectivity index (χ3n) is 6.24. The maximum atomic E-state index is 10.1. The van der Waals surface area contributed by atoms with Crippen molar-refractivity contribution in [1.82, 2.24) is 10.2 Å². The molecule has 3 aliphatic rings. The Balaban J connectivity index is 1.53. The molecule has 0 bridgehead atoms. The highest BCUT2D eigenvalue weighted by atomic mass is 16.3. The molecule has 3 rings (SSSR count). The molecule has 0 aromatic carbocycles. The van der Waals surface area contributed by atoms with E-state index in [1.54, 1.807) is 0 Å². The van der Waals surface area contributed by atoms with Crippen molar-refractivity contribution in [2.75, 3.05) is 19.6 Å². The maximum absolute atomic E-state index is 10.1. The number of piperidine rings is 1. The maximum Gasteiger partial charge on any atom is 0.0553 e. The van der Waals surface area contributed by atoms with Crippen LogP contribution in [0.4, 0.5) is 0 Å². The van der Waals surface area contributed by atoms with Gasteiger partial charge in [0.1, 0.15) is 0 Å². The van der Waals surface area contributed by atoms with Gasteiger partial charge in [0.25, 0.3) is 0 Å². The highest BCUT2D eigenvalue weighted by Crippen LogP contribution is 2.37. The fraction of sp³-hybridized carbons (Fsp3) is 1.00. The zero-order chi connectivity index (χ0) is 14.8. The average molecular weight is 294 g/mol. The van der Waals surface area contributed by atoms with E-state index in [1.807, 2.05) is 6.92 Å². The number of nitrogens with one attached hydrogen (secondary N) is 1. The first-order chi connectivity index (χ1) is 10.1. The van der Waals surface area contributed by atoms with Gasteiger partial charge in [-0.25, -0.2) is 0 Å². The molecule has 1 aliphatic heterocycles. The van der Waals surface area contributed by atoms with E-state index in [9.17, 15) is 5.11 Å². The van der Waals surface area contributed by atoms with Crippen LogP contribution in [-0.4, -0.2) is 47.8 Å². The molecule has 4 unspecified atom stereocenters. The molecule has 2 saturated carbocycles. The van der Waals surface area contributed by atoms with E-state index in [0.29, 0.717) is 18.0 Å². The second-order valence-corrected chi connectivity index (χ2v) is 8.02. The number of aliphatic hydroxyl groups excluding tert-OH is 1. The first kappa shape index (κ1) is 15.8. The number of nitrogens with zero attached hydrogens (tertiary/aromatic N) is 1. The first-order valence-electron chi connectivity index (χ1n) is 9.29. The Morgan fingerprint density at radius 1 is 1.05 bits per heavy atom. The van der Waals surface area contributed by atoms with E-state index in [1.165, 1.54) is 51.6 Å². The first-order valence-corrected chi connectivity index (χ1v) is 9.29. The number of hydrogen-bond donors (Lipinski definition) is 2. The summed E-state index contributed by atoms with van der Waals surface area (Å²) in [5.74, 6) is 2.28. The summed E-state index contributed by atoms with van der Waals surface area (Å²) in [5.41, 5.74) is 0. The Labute approximate surface area is 130 Å². The van der Waals surface area contributed by atoms with E-state index in [0.717, 1.165) is 24.8 Å². The van der Waals surface area contributed by atoms with Crippen molar-refractivity contribution in [2.45, 2.75) is 77.0 Å². The fourth-order valence-electron chi connectivity index (χ4n) is 4.43. The molecule has 1 heterocycles. The predicted octanol–water partition coefficient (Wildman–Crippen LogP) is 2.64. The van der Waals surface area contributed by atoms with Gasteiger partial charge < -0.3 is 10.4 Å². The molecule has 122 valence electrons. The van der Waals surface area contributed by atoms with E-state index in [-0.39, 0.29) is 6.10 Å². The quantitative estimate of drug-likeness (QED) is 0.790. The van der Waals surface area contributed by atoms with Gasteiger partial charge in [-0.05, 0) is 70.3 Å². The summed E-state index contributed by atoms with van der Waals surface area (Å²) in [6, 6.07) is 1.29. The zero-order valence-electron chi connectivity index (χ0n) is 13.9. The van der Waals surface area contributed by atoms with Crippen molar-refractivity contribution >= 4 is 0 Å². The van der Waals surface area contributed by atoms with Crippen LogP contribution in [0.25, 0.3) is 0 Å². The number of rotatable bonds is 6. The Bertz CT molecular complexity index is 323. The molecule has 3 nitrogen and oxygen atoms in total. The molecule has 2 aliphatic carbocycles. The zero-order valence-corrected chi connectivity index (χ0v) is 13.9. The highest BCUT2D eigenvalue weighted by Gasteiger charge is 2.37. The van der Waals surface area contributed by atoms with Gasteiger partial charge in [-0.15, -0.1) is 0 Å². The summed E-state index contributed by atoms with van der Waals surface area (Å²) in [5, 5.41) is 13.9. The minimum absolute atomic E-state index is 0.171. The third-order valence-corrected chi connectivity index (χ3v) is 6.24. The summed E-state index contributed by atoms with van der Waals surface area (Å²) in [4.78, 5) is 2.66. The molecular weight excluding hydrogens is 260 g/mol. The van der Waals surface area contributed by atoms with Gasteiger partial charge in [0.15, 0.2) is 0 Å². The topological polar surface area (TPSA) is 35.5 Å². The predicted molar refractivity (Wildman–Crippen MR) is 87.3 cm³/mol. The number of aliphatic hydroxyl groups is 1. The van der Waals surface area contributed by atoms with Crippen LogP contribution in [0, 0.1) is 17.8 Å². The highest BCUT2D eigenvalue weighted by molar-refractivity contribution is 4.93. The Morgan fingerprint density at radius 2 is 1.76 bits per heavy atom. The van der Waals surface area contributed by atoms with Crippen LogP contribution in [0.15, 0.2) is 0 Å². The van der Waals surface area contributed by atoms with Crippen LogP contribution in [0.2, 0.25) is 0 Å². The molecule has 2 N–H and O–H groups in total. The van der Waals surface area contributed by atoms with Crippen LogP contribution in [0.3, 0.4) is 0 Å². The Morgan fingerprint density at radius 3 is 2.38 bits per heavy atom. The van der Waals surface area contributed by atoms with Crippen molar-refractivity contribution in [3.63, 3.8) is 0 Å². The fourth-order valence-corrected chi connectivity index (χ4v) is 4.43. The lowest BCUT2D eigenvalue weighted by molar-refractivity contribution is 0.0274. The van der Waals surface area contributed by atoms with Crippen LogP contribution in [-0.2, 0) is 0 Å². The second kappa shape index (κ2) is 6.97. The van der Waals surface area contributed by atoms with Gasteiger partial charge in [0.2, 0.25) is 0 Å². The van der Waals surface area contributed by atoms with Gasteiger partial charge in [-0.1, -0.05) is 12.8 Å². The summed E-state index contributed by atoms with van der Waals surface area (Å²) >= 11 is 0. The van der Waals surface area contributed by atoms with Crippen molar-refractivity contribution in [2.24, 2.45) is 17.8 Å². The molecule has 21 heavy (non-hydrogen) atoms. The van der Waals surface area contributed by atoms with Crippen molar-refractivity contribution in [3.8, 4) is 0 Å². The Kier molecular flexibility index (Phi) is 5.23. The molecule has 0 aromatic rings. The smallest absolute Gasteiger partial charge is 0.0553 e. The SMILES string of the molecule is CC(O)C1CC(NCC2CCCC2)CN(C(C)C2CC2)C1. The van der Waals surface area contributed by atoms with Crippen LogP contribution < -0.4 is 5.32 Å². The lowest BCUT2D eigenvalue weighted by Crippen LogP contribution is -2.54. The van der Waals surface area contributed by atoms with E-state index < -0.39 is 0 Å². The number of likely N-dealkylation sites (tertiary alicyclic amines) is 1. The lowest BCUT2D eigenvalue weighted by atomic mass is 9.88. The van der Waals surface area contributed by atoms with E-state index in [2.05, 4.69) is 17.1 Å². The van der Waals surface area contributed by atoms with Crippen molar-refractivity contribution in [1.29, 1.82) is 0 Å². The minimum Gasteiger partial charge on any atom is -0.393 e. The van der Waals surface area contributed by atoms with E-state index >= 15 is 0 Å². The number of hydrogen-bond acceptors (Lipinski definition) is 3. The van der Waals surface area contributed by atoms with Crippen LogP contribution in [0.1, 0.15) is 58.8 Å². The van der Waals surface area contributed by atoms with Gasteiger partial charge in [-0.2, -0.15) is 0 Å². The van der Waals surface area contributed by atoms with Crippen LogP contribution >= 0.6 is 0 Å². The van der Waals surface area contributed by atoms with E-state index in [4.69, 9.17) is 0 Å². The Hall–Kier alpha value is -0.120. The molecule has 0 aromatic heterocycles. The third kappa shape index (κ3) is 4.20. The molecule has 0 radical (unpaired) electrons. The standard InChI is InChI=1S/C18H34N2O/c1-13(16-7-8-16)20-11-17(14(2)21)9-18(12-20)19-10-15-5-3-4-6-15/h13-19,21H,3-12H2,1-2H3. The largest absolute Gasteiger partial charge is 0.393 e. The molecular formula is C18H34N2O. The van der Waals surface area contributed by atoms with Crippen molar-refractivity contribution < 1.29 is 5.11 Å². The molecule has 3 heteroatoms. The summed E-state index contributed by atoms with van der Waals surface area (Å²) in [6.07, 6.45) is 9.50. The molecule has 3 fully saturated rings. The monoisotopic (exact) mass is 294 g/mol. The van der Waals surface area contributed by atoms with Gasteiger partial charge in [-0.3, -0.25) is 4.90 Å². The molecule has 0 spiro atoms. The summed E-state index contributed by atoms with van der Waals surface area (Å²) in [7, 11) is 0. The molecule has 0 amide bonds. The van der Waals surface area contributed by atoms with Gasteiger partial charge in [0.05, 0.1) is 6.10 Å². The average Bonchev–Trinajstić information content (AvgIpc) is 3.20. The second-order valence-electron chi connectivity index (χ2n) is 8.02. The van der Waals surface area contributed by atoms with Crippen LogP contribution in [0.5, 0.6) is 0 Å². The lowest BCUT2D eigenvalue weighted by Gasteiger charge is -2.42. The summed E-state index contributed by atoms with van der Waals surface area (Å²) in [6.45, 7) is 7.85. The van der Waals surface area contributed by atoms with Gasteiger partial charge >= 0.3 is 0 Å². The minimum atomic E-state index is -0.171. The normalized spacial score (nSPS) is 35.0. The molecule has 4 atom stereocenters. The van der Waals surface area contributed by atoms with Crippen molar-refractivity contribution in [3.05, 3.63) is 0 Å². The molecule has 1 saturated heterocycles.